The molecule has 0 aromatic heterocycles. The van der Waals surface area contributed by atoms with Gasteiger partial charge in [0.1, 0.15) is 5.60 Å². The SMILES string of the molecule is CC(C)(C)OC(=O)NCC(N)Cc1ccc([N+](=O)[O-])c(O)c1. The van der Waals surface area contributed by atoms with Crippen LogP contribution in [-0.4, -0.2) is 34.3 Å². The number of carbonyl (C=O) groups excluding carboxylic acids is 1. The van der Waals surface area contributed by atoms with E-state index in [-0.39, 0.29) is 12.2 Å². The number of rotatable bonds is 5. The van der Waals surface area contributed by atoms with Gasteiger partial charge in [-0.1, -0.05) is 6.07 Å². The Morgan fingerprint density at radius 2 is 2.14 bits per heavy atom. The highest BCUT2D eigenvalue weighted by atomic mass is 16.6. The van der Waals surface area contributed by atoms with E-state index in [1.807, 2.05) is 0 Å². The Hall–Kier alpha value is -2.35. The summed E-state index contributed by atoms with van der Waals surface area (Å²) in [6.07, 6.45) is -0.212. The van der Waals surface area contributed by atoms with Crippen molar-refractivity contribution < 1.29 is 19.6 Å². The lowest BCUT2D eigenvalue weighted by Gasteiger charge is -2.20. The predicted molar refractivity (Wildman–Crippen MR) is 80.7 cm³/mol. The van der Waals surface area contributed by atoms with Gasteiger partial charge in [-0.15, -0.1) is 0 Å². The number of hydrogen-bond acceptors (Lipinski definition) is 6. The van der Waals surface area contributed by atoms with Crippen LogP contribution in [0.25, 0.3) is 0 Å². The summed E-state index contributed by atoms with van der Waals surface area (Å²) in [6.45, 7) is 5.46. The first kappa shape index (κ1) is 17.7. The zero-order chi connectivity index (χ0) is 16.9. The third kappa shape index (κ3) is 5.96. The van der Waals surface area contributed by atoms with Crippen LogP contribution in [0.2, 0.25) is 0 Å². The lowest BCUT2D eigenvalue weighted by Crippen LogP contribution is -2.41. The highest BCUT2D eigenvalue weighted by molar-refractivity contribution is 5.67. The van der Waals surface area contributed by atoms with Crippen LogP contribution in [-0.2, 0) is 11.2 Å². The van der Waals surface area contributed by atoms with Crippen LogP contribution < -0.4 is 11.1 Å². The molecule has 1 aromatic carbocycles. The molecule has 8 nitrogen and oxygen atoms in total. The Balaban J connectivity index is 2.52. The fraction of sp³-hybridized carbons (Fsp3) is 0.500. The van der Waals surface area contributed by atoms with E-state index in [4.69, 9.17) is 10.5 Å². The zero-order valence-electron chi connectivity index (χ0n) is 12.8. The monoisotopic (exact) mass is 311 g/mol. The maximum absolute atomic E-state index is 11.5. The molecule has 22 heavy (non-hydrogen) atoms. The molecule has 0 saturated heterocycles. The van der Waals surface area contributed by atoms with E-state index < -0.39 is 28.4 Å². The third-order valence-electron chi connectivity index (χ3n) is 2.64. The Bertz CT molecular complexity index is 554. The van der Waals surface area contributed by atoms with Crippen molar-refractivity contribution in [2.45, 2.75) is 38.8 Å². The molecule has 8 heteroatoms. The van der Waals surface area contributed by atoms with Gasteiger partial charge in [-0.05, 0) is 38.8 Å². The van der Waals surface area contributed by atoms with E-state index in [1.165, 1.54) is 18.2 Å². The molecule has 0 aliphatic rings. The zero-order valence-corrected chi connectivity index (χ0v) is 12.8. The number of nitrogens with two attached hydrogens (primary N) is 1. The minimum Gasteiger partial charge on any atom is -0.502 e. The van der Waals surface area contributed by atoms with Gasteiger partial charge in [0.2, 0.25) is 0 Å². The van der Waals surface area contributed by atoms with Gasteiger partial charge in [0.25, 0.3) is 0 Å². The fourth-order valence-corrected chi connectivity index (χ4v) is 1.75. The quantitative estimate of drug-likeness (QED) is 0.561. The molecule has 1 rings (SSSR count). The maximum atomic E-state index is 11.5. The molecule has 0 aliphatic carbocycles. The highest BCUT2D eigenvalue weighted by Crippen LogP contribution is 2.26. The second kappa shape index (κ2) is 7.08. The van der Waals surface area contributed by atoms with Crippen molar-refractivity contribution in [3.05, 3.63) is 33.9 Å². The molecule has 0 heterocycles. The number of alkyl carbamates (subject to hydrolysis) is 1. The summed E-state index contributed by atoms with van der Waals surface area (Å²) < 4.78 is 5.08. The Labute approximate surface area is 128 Å². The summed E-state index contributed by atoms with van der Waals surface area (Å²) in [5.74, 6) is -0.408. The van der Waals surface area contributed by atoms with Gasteiger partial charge < -0.3 is 20.9 Å². The largest absolute Gasteiger partial charge is 0.502 e. The fourth-order valence-electron chi connectivity index (χ4n) is 1.75. The number of aromatic hydroxyl groups is 1. The van der Waals surface area contributed by atoms with Crippen LogP contribution in [0.4, 0.5) is 10.5 Å². The van der Waals surface area contributed by atoms with Crippen LogP contribution >= 0.6 is 0 Å². The van der Waals surface area contributed by atoms with Crippen LogP contribution in [0.5, 0.6) is 5.75 Å². The van der Waals surface area contributed by atoms with Gasteiger partial charge >= 0.3 is 11.8 Å². The summed E-state index contributed by atoms with van der Waals surface area (Å²) in [6, 6.07) is 3.63. The van der Waals surface area contributed by atoms with Crippen molar-refractivity contribution in [2.24, 2.45) is 5.73 Å². The maximum Gasteiger partial charge on any atom is 0.407 e. The molecule has 0 saturated carbocycles. The second-order valence-corrected chi connectivity index (χ2v) is 5.93. The molecule has 1 atom stereocenters. The van der Waals surface area contributed by atoms with E-state index in [0.29, 0.717) is 12.0 Å². The number of benzene rings is 1. The van der Waals surface area contributed by atoms with Gasteiger partial charge in [-0.2, -0.15) is 0 Å². The Morgan fingerprint density at radius 3 is 2.64 bits per heavy atom. The van der Waals surface area contributed by atoms with E-state index >= 15 is 0 Å². The summed E-state index contributed by atoms with van der Waals surface area (Å²) >= 11 is 0. The third-order valence-corrected chi connectivity index (χ3v) is 2.64. The smallest absolute Gasteiger partial charge is 0.407 e. The van der Waals surface area contributed by atoms with Gasteiger partial charge in [0.05, 0.1) is 4.92 Å². The number of nitro groups is 1. The minimum absolute atomic E-state index is 0.187. The number of nitrogens with one attached hydrogen (secondary N) is 1. The van der Waals surface area contributed by atoms with Crippen molar-refractivity contribution in [3.63, 3.8) is 0 Å². The lowest BCUT2D eigenvalue weighted by molar-refractivity contribution is -0.385. The standard InChI is InChI=1S/C14H21N3O5/c1-14(2,3)22-13(19)16-8-10(15)6-9-4-5-11(17(20)21)12(18)7-9/h4-5,7,10,18H,6,8,15H2,1-3H3,(H,16,19). The number of phenols is 1. The summed E-state index contributed by atoms with van der Waals surface area (Å²) in [5.41, 5.74) is 5.58. The Kier molecular flexibility index (Phi) is 5.69. The van der Waals surface area contributed by atoms with Gasteiger partial charge in [-0.25, -0.2) is 4.79 Å². The molecule has 0 fully saturated rings. The molecular weight excluding hydrogens is 290 g/mol. The minimum atomic E-state index is -0.664. The van der Waals surface area contributed by atoms with Gasteiger partial charge in [-0.3, -0.25) is 10.1 Å². The number of ether oxygens (including phenoxy) is 1. The number of nitrogens with zero attached hydrogens (tertiary/aromatic N) is 1. The number of amides is 1. The summed E-state index contributed by atoms with van der Waals surface area (Å²) in [5, 5.41) is 22.7. The molecular formula is C14H21N3O5. The average Bonchev–Trinajstić information content (AvgIpc) is 2.34. The van der Waals surface area contributed by atoms with E-state index in [2.05, 4.69) is 5.32 Å². The molecule has 0 aliphatic heterocycles. The van der Waals surface area contributed by atoms with Crippen LogP contribution in [0.1, 0.15) is 26.3 Å². The summed E-state index contributed by atoms with van der Waals surface area (Å²) in [4.78, 5) is 21.4. The van der Waals surface area contributed by atoms with Crippen molar-refractivity contribution in [2.75, 3.05) is 6.54 Å². The first-order chi connectivity index (χ1) is 10.1. The van der Waals surface area contributed by atoms with E-state index in [1.54, 1.807) is 20.8 Å². The Morgan fingerprint density at radius 1 is 1.50 bits per heavy atom. The highest BCUT2D eigenvalue weighted by Gasteiger charge is 2.17. The molecule has 0 bridgehead atoms. The molecule has 122 valence electrons. The van der Waals surface area contributed by atoms with E-state index in [9.17, 15) is 20.0 Å². The van der Waals surface area contributed by atoms with Crippen molar-refractivity contribution in [1.29, 1.82) is 0 Å². The van der Waals surface area contributed by atoms with E-state index in [0.717, 1.165) is 0 Å². The van der Waals surface area contributed by atoms with Gasteiger partial charge in [0, 0.05) is 18.7 Å². The van der Waals surface area contributed by atoms with Crippen molar-refractivity contribution in [1.82, 2.24) is 5.32 Å². The lowest BCUT2D eigenvalue weighted by atomic mass is 10.1. The van der Waals surface area contributed by atoms with Gasteiger partial charge in [0.15, 0.2) is 5.75 Å². The van der Waals surface area contributed by atoms with Crippen LogP contribution in [0.3, 0.4) is 0 Å². The summed E-state index contributed by atoms with van der Waals surface area (Å²) in [7, 11) is 0. The second-order valence-electron chi connectivity index (χ2n) is 5.93. The number of nitro benzene ring substituents is 1. The normalized spacial score (nSPS) is 12.5. The molecule has 1 amide bonds. The van der Waals surface area contributed by atoms with Crippen LogP contribution in [0.15, 0.2) is 18.2 Å². The average molecular weight is 311 g/mol. The number of carbonyl (C=O) groups is 1. The molecule has 1 aromatic rings. The molecule has 0 spiro atoms. The van der Waals surface area contributed by atoms with Crippen molar-refractivity contribution in [3.8, 4) is 5.75 Å². The van der Waals surface area contributed by atoms with Crippen LogP contribution in [0, 0.1) is 10.1 Å². The predicted octanol–water partition coefficient (Wildman–Crippen LogP) is 1.69. The number of hydrogen-bond donors (Lipinski definition) is 3. The van der Waals surface area contributed by atoms with Crippen molar-refractivity contribution >= 4 is 11.8 Å². The first-order valence-electron chi connectivity index (χ1n) is 6.77. The molecule has 0 radical (unpaired) electrons. The molecule has 4 N–H and O–H groups in total. The first-order valence-corrected chi connectivity index (χ1v) is 6.77. The topological polar surface area (TPSA) is 128 Å². The number of phenolic OH excluding ortho intramolecular Hbond substituents is 1. The molecule has 1 unspecified atom stereocenters.